The fourth-order valence-electron chi connectivity index (χ4n) is 1.74. The lowest BCUT2D eigenvalue weighted by Gasteiger charge is -2.06. The van der Waals surface area contributed by atoms with Crippen molar-refractivity contribution in [3.8, 4) is 0 Å². The largest absolute Gasteiger partial charge is 0.421 e. The summed E-state index contributed by atoms with van der Waals surface area (Å²) in [6, 6.07) is 7.58. The van der Waals surface area contributed by atoms with Crippen molar-refractivity contribution in [1.82, 2.24) is 0 Å². The van der Waals surface area contributed by atoms with Gasteiger partial charge < -0.3 is 15.1 Å². The van der Waals surface area contributed by atoms with Gasteiger partial charge in [-0.25, -0.2) is 4.79 Å². The summed E-state index contributed by atoms with van der Waals surface area (Å²) < 4.78 is 5.27. The highest BCUT2D eigenvalue weighted by atomic mass is 16.4. The third-order valence-electron chi connectivity index (χ3n) is 2.48. The van der Waals surface area contributed by atoms with E-state index in [4.69, 9.17) is 4.42 Å². The minimum atomic E-state index is -0.326. The van der Waals surface area contributed by atoms with Gasteiger partial charge in [-0.05, 0) is 32.0 Å². The normalized spacial score (nSPS) is 10.5. The Morgan fingerprint density at radius 1 is 1.12 bits per heavy atom. The van der Waals surface area contributed by atoms with Crippen molar-refractivity contribution in [2.24, 2.45) is 0 Å². The maximum Gasteiger partial charge on any atom is 0.359 e. The Morgan fingerprint density at radius 3 is 2.59 bits per heavy atom. The molecule has 0 spiro atoms. The zero-order chi connectivity index (χ0) is 12.3. The molecular formula is C13H16N2O2. The van der Waals surface area contributed by atoms with Gasteiger partial charge in [0.15, 0.2) is 0 Å². The molecule has 17 heavy (non-hydrogen) atoms. The molecule has 4 heteroatoms. The quantitative estimate of drug-likeness (QED) is 0.796. The van der Waals surface area contributed by atoms with Crippen LogP contribution in [0.2, 0.25) is 0 Å². The summed E-state index contributed by atoms with van der Waals surface area (Å²) in [5, 5.41) is 7.09. The van der Waals surface area contributed by atoms with Crippen LogP contribution in [0, 0.1) is 0 Å². The molecule has 1 aromatic carbocycles. The molecule has 0 atom stereocenters. The molecule has 0 radical (unpaired) electrons. The molecule has 2 N–H and O–H groups in total. The second-order valence-corrected chi connectivity index (χ2v) is 3.76. The van der Waals surface area contributed by atoms with Gasteiger partial charge >= 0.3 is 5.63 Å². The number of hydrogen-bond donors (Lipinski definition) is 2. The van der Waals surface area contributed by atoms with E-state index in [0.29, 0.717) is 17.8 Å². The van der Waals surface area contributed by atoms with E-state index in [-0.39, 0.29) is 5.63 Å². The standard InChI is InChI=1S/C13H16N2O2/c1-3-14-10-6-5-9-7-11(15-4-2)13(16)17-12(9)8-10/h5-8,14-15H,3-4H2,1-2H3. The van der Waals surface area contributed by atoms with Gasteiger partial charge in [-0.15, -0.1) is 0 Å². The topological polar surface area (TPSA) is 54.3 Å². The summed E-state index contributed by atoms with van der Waals surface area (Å²) in [6.07, 6.45) is 0. The lowest BCUT2D eigenvalue weighted by Crippen LogP contribution is -2.09. The molecule has 90 valence electrons. The molecule has 0 aliphatic rings. The maximum atomic E-state index is 11.6. The average Bonchev–Trinajstić information content (AvgIpc) is 2.31. The van der Waals surface area contributed by atoms with Crippen LogP contribution in [0.3, 0.4) is 0 Å². The lowest BCUT2D eigenvalue weighted by atomic mass is 10.2. The Bertz CT molecular complexity index is 575. The molecule has 0 aliphatic carbocycles. The predicted octanol–water partition coefficient (Wildman–Crippen LogP) is 2.66. The van der Waals surface area contributed by atoms with Gasteiger partial charge in [-0.1, -0.05) is 0 Å². The fourth-order valence-corrected chi connectivity index (χ4v) is 1.74. The van der Waals surface area contributed by atoms with Gasteiger partial charge in [0.1, 0.15) is 11.3 Å². The Balaban J connectivity index is 2.50. The molecule has 0 unspecified atom stereocenters. The van der Waals surface area contributed by atoms with Crippen molar-refractivity contribution in [2.75, 3.05) is 23.7 Å². The molecule has 4 nitrogen and oxygen atoms in total. The first-order valence-electron chi connectivity index (χ1n) is 5.80. The second kappa shape index (κ2) is 4.91. The maximum absolute atomic E-state index is 11.6. The smallest absolute Gasteiger partial charge is 0.359 e. The molecule has 0 amide bonds. The first-order valence-corrected chi connectivity index (χ1v) is 5.80. The average molecular weight is 232 g/mol. The Hall–Kier alpha value is -1.97. The zero-order valence-electron chi connectivity index (χ0n) is 10.0. The van der Waals surface area contributed by atoms with E-state index >= 15 is 0 Å². The minimum absolute atomic E-state index is 0.326. The molecule has 2 rings (SSSR count). The Labute approximate surface area is 99.6 Å². The van der Waals surface area contributed by atoms with Crippen LogP contribution < -0.4 is 16.3 Å². The Kier molecular flexibility index (Phi) is 3.32. The van der Waals surface area contributed by atoms with E-state index in [9.17, 15) is 4.79 Å². The monoisotopic (exact) mass is 232 g/mol. The van der Waals surface area contributed by atoms with Crippen molar-refractivity contribution >= 4 is 22.3 Å². The summed E-state index contributed by atoms with van der Waals surface area (Å²) in [4.78, 5) is 11.6. The summed E-state index contributed by atoms with van der Waals surface area (Å²) in [7, 11) is 0. The highest BCUT2D eigenvalue weighted by molar-refractivity contribution is 5.82. The van der Waals surface area contributed by atoms with Gasteiger partial charge in [0, 0.05) is 30.2 Å². The van der Waals surface area contributed by atoms with Gasteiger partial charge in [0.05, 0.1) is 0 Å². The first kappa shape index (κ1) is 11.5. The van der Waals surface area contributed by atoms with Crippen LogP contribution in [0.5, 0.6) is 0 Å². The number of rotatable bonds is 4. The van der Waals surface area contributed by atoms with Crippen LogP contribution in [0.4, 0.5) is 11.4 Å². The summed E-state index contributed by atoms with van der Waals surface area (Å²) in [5.41, 5.74) is 1.75. The van der Waals surface area contributed by atoms with Crippen LogP contribution in [-0.2, 0) is 0 Å². The number of benzene rings is 1. The molecule has 0 fully saturated rings. The van der Waals surface area contributed by atoms with Crippen LogP contribution >= 0.6 is 0 Å². The molecule has 0 saturated carbocycles. The van der Waals surface area contributed by atoms with E-state index in [1.54, 1.807) is 0 Å². The molecular weight excluding hydrogens is 216 g/mol. The van der Waals surface area contributed by atoms with E-state index in [2.05, 4.69) is 10.6 Å². The van der Waals surface area contributed by atoms with Crippen molar-refractivity contribution < 1.29 is 4.42 Å². The summed E-state index contributed by atoms with van der Waals surface area (Å²) >= 11 is 0. The van der Waals surface area contributed by atoms with Crippen LogP contribution in [0.25, 0.3) is 11.0 Å². The molecule has 1 heterocycles. The van der Waals surface area contributed by atoms with Crippen molar-refractivity contribution in [3.63, 3.8) is 0 Å². The third kappa shape index (κ3) is 2.41. The van der Waals surface area contributed by atoms with Gasteiger partial charge in [0.25, 0.3) is 0 Å². The summed E-state index contributed by atoms with van der Waals surface area (Å²) in [5.74, 6) is 0. The summed E-state index contributed by atoms with van der Waals surface area (Å²) in [6.45, 7) is 5.50. The Morgan fingerprint density at radius 2 is 1.88 bits per heavy atom. The van der Waals surface area contributed by atoms with E-state index in [1.807, 2.05) is 38.1 Å². The minimum Gasteiger partial charge on any atom is -0.421 e. The molecule has 2 aromatic rings. The zero-order valence-corrected chi connectivity index (χ0v) is 10.0. The third-order valence-corrected chi connectivity index (χ3v) is 2.48. The fraction of sp³-hybridized carbons (Fsp3) is 0.308. The highest BCUT2D eigenvalue weighted by Gasteiger charge is 2.04. The van der Waals surface area contributed by atoms with Crippen molar-refractivity contribution in [3.05, 3.63) is 34.7 Å². The predicted molar refractivity (Wildman–Crippen MR) is 70.8 cm³/mol. The molecule has 0 bridgehead atoms. The van der Waals surface area contributed by atoms with Crippen LogP contribution in [-0.4, -0.2) is 13.1 Å². The molecule has 0 saturated heterocycles. The van der Waals surface area contributed by atoms with Crippen LogP contribution in [0.1, 0.15) is 13.8 Å². The first-order chi connectivity index (χ1) is 8.24. The van der Waals surface area contributed by atoms with Gasteiger partial charge in [-0.3, -0.25) is 0 Å². The lowest BCUT2D eigenvalue weighted by molar-refractivity contribution is 0.563. The van der Waals surface area contributed by atoms with E-state index in [1.165, 1.54) is 0 Å². The number of fused-ring (bicyclic) bond motifs is 1. The van der Waals surface area contributed by atoms with E-state index in [0.717, 1.165) is 17.6 Å². The number of nitrogens with one attached hydrogen (secondary N) is 2. The second-order valence-electron chi connectivity index (χ2n) is 3.76. The number of anilines is 2. The van der Waals surface area contributed by atoms with E-state index < -0.39 is 0 Å². The van der Waals surface area contributed by atoms with Gasteiger partial charge in [-0.2, -0.15) is 0 Å². The number of hydrogen-bond acceptors (Lipinski definition) is 4. The molecule has 1 aromatic heterocycles. The SMILES string of the molecule is CCNc1ccc2cc(NCC)c(=O)oc2c1. The van der Waals surface area contributed by atoms with Crippen molar-refractivity contribution in [2.45, 2.75) is 13.8 Å². The van der Waals surface area contributed by atoms with Gasteiger partial charge in [0.2, 0.25) is 0 Å². The molecule has 0 aliphatic heterocycles. The highest BCUT2D eigenvalue weighted by Crippen LogP contribution is 2.20. The van der Waals surface area contributed by atoms with Crippen molar-refractivity contribution in [1.29, 1.82) is 0 Å². The van der Waals surface area contributed by atoms with Crippen LogP contribution in [0.15, 0.2) is 33.5 Å².